The number of hydrogen-bond acceptors (Lipinski definition) is 6. The lowest BCUT2D eigenvalue weighted by Crippen LogP contribution is -2.59. The number of hydrazine groups is 2. The quantitative estimate of drug-likeness (QED) is 0.550. The molecule has 11 nitrogen and oxygen atoms in total. The lowest BCUT2D eigenvalue weighted by Gasteiger charge is -2.32. The first kappa shape index (κ1) is 15.9. The molecule has 1 aliphatic heterocycles. The van der Waals surface area contributed by atoms with E-state index in [1.54, 1.807) is 19.1 Å². The van der Waals surface area contributed by atoms with E-state index >= 15 is 0 Å². The van der Waals surface area contributed by atoms with Crippen LogP contribution in [0, 0.1) is 27.2 Å². The zero-order valence-electron chi connectivity index (χ0n) is 11.5. The maximum atomic E-state index is 12.5. The molecule has 1 aromatic rings. The Bertz CT molecular complexity index is 668. The second-order valence-corrected chi connectivity index (χ2v) is 6.62. The van der Waals surface area contributed by atoms with Crippen molar-refractivity contribution >= 4 is 10.0 Å². The van der Waals surface area contributed by atoms with Gasteiger partial charge in [0.15, 0.2) is 10.1 Å². The van der Waals surface area contributed by atoms with Crippen LogP contribution in [0.5, 0.6) is 0 Å². The first-order chi connectivity index (χ1) is 10.2. The molecule has 0 aromatic heterocycles. The van der Waals surface area contributed by atoms with Crippen molar-refractivity contribution in [3.8, 4) is 0 Å². The summed E-state index contributed by atoms with van der Waals surface area (Å²) in [5, 5.41) is 20.9. The third-order valence-electron chi connectivity index (χ3n) is 3.09. The molecule has 22 heavy (non-hydrogen) atoms. The molecule has 2 rings (SSSR count). The van der Waals surface area contributed by atoms with Gasteiger partial charge in [0.1, 0.15) is 13.3 Å². The zero-order valence-corrected chi connectivity index (χ0v) is 12.3. The van der Waals surface area contributed by atoms with E-state index in [-0.39, 0.29) is 4.90 Å². The van der Waals surface area contributed by atoms with E-state index < -0.39 is 40.1 Å². The Kier molecular flexibility index (Phi) is 4.14. The Morgan fingerprint density at radius 2 is 1.41 bits per heavy atom. The second kappa shape index (κ2) is 5.73. The minimum absolute atomic E-state index is 0.0772. The Balaban J connectivity index is 2.34. The summed E-state index contributed by atoms with van der Waals surface area (Å²) >= 11 is 0. The van der Waals surface area contributed by atoms with Gasteiger partial charge in [-0.2, -0.15) is 0 Å². The van der Waals surface area contributed by atoms with Gasteiger partial charge in [-0.3, -0.25) is 0 Å². The van der Waals surface area contributed by atoms with E-state index in [2.05, 4.69) is 0 Å². The lowest BCUT2D eigenvalue weighted by atomic mass is 10.2. The van der Waals surface area contributed by atoms with Crippen LogP contribution in [0.25, 0.3) is 0 Å². The van der Waals surface area contributed by atoms with Crippen molar-refractivity contribution in [2.24, 2.45) is 0 Å². The molecular formula is C10H13N5O6S. The van der Waals surface area contributed by atoms with Gasteiger partial charge in [-0.25, -0.2) is 28.6 Å². The van der Waals surface area contributed by atoms with Crippen LogP contribution in [0.4, 0.5) is 0 Å². The second-order valence-electron chi connectivity index (χ2n) is 4.68. The van der Waals surface area contributed by atoms with Crippen molar-refractivity contribution in [1.29, 1.82) is 0 Å². The van der Waals surface area contributed by atoms with Gasteiger partial charge in [0, 0.05) is 0 Å². The van der Waals surface area contributed by atoms with Crippen molar-refractivity contribution < 1.29 is 18.5 Å². The average Bonchev–Trinajstić information content (AvgIpc) is 2.47. The first-order valence-corrected chi connectivity index (χ1v) is 7.51. The van der Waals surface area contributed by atoms with Gasteiger partial charge in [0.05, 0.1) is 4.90 Å². The van der Waals surface area contributed by atoms with E-state index in [1.165, 1.54) is 12.1 Å². The molecule has 120 valence electrons. The summed E-state index contributed by atoms with van der Waals surface area (Å²) in [5.41, 5.74) is 0.844. The standard InChI is InChI=1S/C10H13N5O6S/c1-9-2-4-10(5-3-9)22(20,21)13-7-11(14(16)17)6-12(8-13)15(18)19/h2-5H,6-8H2,1H3. The number of benzene rings is 1. The van der Waals surface area contributed by atoms with Gasteiger partial charge in [0.25, 0.3) is 0 Å². The molecule has 12 heteroatoms. The molecule has 0 atom stereocenters. The van der Waals surface area contributed by atoms with Gasteiger partial charge in [-0.15, -0.1) is 4.31 Å². The van der Waals surface area contributed by atoms with E-state index in [0.29, 0.717) is 14.3 Å². The van der Waals surface area contributed by atoms with Crippen molar-refractivity contribution in [3.05, 3.63) is 50.1 Å². The van der Waals surface area contributed by atoms with E-state index in [0.717, 1.165) is 5.56 Å². The molecule has 0 saturated carbocycles. The van der Waals surface area contributed by atoms with Crippen LogP contribution in [0.1, 0.15) is 5.56 Å². The highest BCUT2D eigenvalue weighted by molar-refractivity contribution is 7.89. The van der Waals surface area contributed by atoms with Gasteiger partial charge >= 0.3 is 0 Å². The molecule has 1 saturated heterocycles. The molecule has 0 bridgehead atoms. The normalized spacial score (nSPS) is 16.6. The monoisotopic (exact) mass is 331 g/mol. The molecule has 0 aliphatic carbocycles. The van der Waals surface area contributed by atoms with Crippen LogP contribution in [-0.2, 0) is 10.0 Å². The maximum absolute atomic E-state index is 12.5. The van der Waals surface area contributed by atoms with Crippen molar-refractivity contribution in [1.82, 2.24) is 14.3 Å². The van der Waals surface area contributed by atoms with Gasteiger partial charge < -0.3 is 0 Å². The SMILES string of the molecule is Cc1ccc(S(=O)(=O)N2CN([N+](=O)[O-])CN([N+](=O)[O-])C2)cc1. The van der Waals surface area contributed by atoms with Crippen molar-refractivity contribution in [3.63, 3.8) is 0 Å². The summed E-state index contributed by atoms with van der Waals surface area (Å²) in [5.74, 6) is 0. The fraction of sp³-hybridized carbons (Fsp3) is 0.400. The van der Waals surface area contributed by atoms with E-state index in [9.17, 15) is 28.6 Å². The summed E-state index contributed by atoms with van der Waals surface area (Å²) < 4.78 is 25.6. The smallest absolute Gasteiger partial charge is 0.235 e. The largest absolute Gasteiger partial charge is 0.246 e. The molecule has 0 unspecified atom stereocenters. The molecule has 1 heterocycles. The van der Waals surface area contributed by atoms with Crippen LogP contribution < -0.4 is 0 Å². The summed E-state index contributed by atoms with van der Waals surface area (Å²) in [6.45, 7) is 0.0568. The number of aryl methyl sites for hydroxylation is 1. The third-order valence-corrected chi connectivity index (χ3v) is 4.87. The van der Waals surface area contributed by atoms with Crippen LogP contribution in [0.2, 0.25) is 0 Å². The highest BCUT2D eigenvalue weighted by atomic mass is 32.2. The minimum atomic E-state index is -4.07. The predicted octanol–water partition coefficient (Wildman–Crippen LogP) is -0.141. The molecule has 1 aliphatic rings. The minimum Gasteiger partial charge on any atom is -0.235 e. The molecule has 0 amide bonds. The van der Waals surface area contributed by atoms with Crippen molar-refractivity contribution in [2.45, 2.75) is 11.8 Å². The fourth-order valence-electron chi connectivity index (χ4n) is 1.90. The predicted molar refractivity (Wildman–Crippen MR) is 72.5 cm³/mol. The van der Waals surface area contributed by atoms with Crippen LogP contribution in [0.15, 0.2) is 29.2 Å². The van der Waals surface area contributed by atoms with Gasteiger partial charge in [0.2, 0.25) is 16.7 Å². The number of rotatable bonds is 4. The van der Waals surface area contributed by atoms with Gasteiger partial charge in [-0.1, -0.05) is 27.7 Å². The van der Waals surface area contributed by atoms with Crippen LogP contribution >= 0.6 is 0 Å². The van der Waals surface area contributed by atoms with E-state index in [1.807, 2.05) is 0 Å². The molecular weight excluding hydrogens is 318 g/mol. The van der Waals surface area contributed by atoms with Gasteiger partial charge in [-0.05, 0) is 19.1 Å². The van der Waals surface area contributed by atoms with Crippen LogP contribution in [0.3, 0.4) is 0 Å². The lowest BCUT2D eigenvalue weighted by molar-refractivity contribution is -0.725. The number of nitrogens with zero attached hydrogens (tertiary/aromatic N) is 5. The summed E-state index contributed by atoms with van der Waals surface area (Å²) in [7, 11) is -4.07. The summed E-state index contributed by atoms with van der Waals surface area (Å²) in [6, 6.07) is 5.86. The number of hydrogen-bond donors (Lipinski definition) is 0. The Morgan fingerprint density at radius 3 is 1.82 bits per heavy atom. The molecule has 1 fully saturated rings. The Hall–Kier alpha value is -2.47. The topological polar surface area (TPSA) is 130 Å². The molecule has 0 spiro atoms. The Labute approximate surface area is 125 Å². The molecule has 0 radical (unpaired) electrons. The molecule has 0 N–H and O–H groups in total. The highest BCUT2D eigenvalue weighted by Gasteiger charge is 2.40. The Morgan fingerprint density at radius 1 is 0.955 bits per heavy atom. The fourth-order valence-corrected chi connectivity index (χ4v) is 3.25. The number of sulfonamides is 1. The summed E-state index contributed by atoms with van der Waals surface area (Å²) in [4.78, 5) is 21.6. The third kappa shape index (κ3) is 3.07. The first-order valence-electron chi connectivity index (χ1n) is 6.07. The number of nitro groups is 2. The summed E-state index contributed by atoms with van der Waals surface area (Å²) in [6.07, 6.45) is 0. The average molecular weight is 331 g/mol. The maximum Gasteiger partial charge on any atom is 0.246 e. The van der Waals surface area contributed by atoms with E-state index in [4.69, 9.17) is 0 Å². The van der Waals surface area contributed by atoms with Crippen molar-refractivity contribution in [2.75, 3.05) is 20.0 Å². The molecule has 1 aromatic carbocycles. The van der Waals surface area contributed by atoms with Crippen LogP contribution in [-0.4, -0.2) is 52.8 Å². The zero-order chi connectivity index (χ0) is 16.5. The highest BCUT2D eigenvalue weighted by Crippen LogP contribution is 2.20.